The standard InChI is InChI=1S/C15H21ClN2O2/c1-15(2,3)9-14(20)18(4)10-13(19)17-12-8-6-5-7-11(12)16/h5-8H,9-10H2,1-4H3,(H,17,19). The van der Waals surface area contributed by atoms with E-state index in [9.17, 15) is 9.59 Å². The molecule has 1 rings (SSSR count). The van der Waals surface area contributed by atoms with Crippen LogP contribution in [-0.2, 0) is 9.59 Å². The Morgan fingerprint density at radius 3 is 2.40 bits per heavy atom. The summed E-state index contributed by atoms with van der Waals surface area (Å²) in [6, 6.07) is 7.00. The first kappa shape index (κ1) is 16.5. The zero-order valence-corrected chi connectivity index (χ0v) is 13.1. The molecule has 2 amide bonds. The summed E-state index contributed by atoms with van der Waals surface area (Å²) in [6.45, 7) is 5.98. The van der Waals surface area contributed by atoms with E-state index in [1.165, 1.54) is 4.90 Å². The van der Waals surface area contributed by atoms with E-state index in [4.69, 9.17) is 11.6 Å². The van der Waals surface area contributed by atoms with Gasteiger partial charge in [0, 0.05) is 13.5 Å². The van der Waals surface area contributed by atoms with E-state index in [0.717, 1.165) is 0 Å². The normalized spacial score (nSPS) is 11.1. The number of anilines is 1. The van der Waals surface area contributed by atoms with Gasteiger partial charge in [-0.1, -0.05) is 44.5 Å². The molecule has 0 saturated carbocycles. The fraction of sp³-hybridized carbons (Fsp3) is 0.467. The number of nitrogens with one attached hydrogen (secondary N) is 1. The molecule has 0 radical (unpaired) electrons. The molecule has 0 atom stereocenters. The van der Waals surface area contributed by atoms with E-state index in [0.29, 0.717) is 17.1 Å². The van der Waals surface area contributed by atoms with Crippen molar-refractivity contribution in [3.05, 3.63) is 29.3 Å². The molecule has 0 unspecified atom stereocenters. The van der Waals surface area contributed by atoms with Crippen LogP contribution in [0.1, 0.15) is 27.2 Å². The van der Waals surface area contributed by atoms with Crippen LogP contribution in [0.2, 0.25) is 5.02 Å². The molecule has 5 heteroatoms. The molecule has 0 aromatic heterocycles. The first-order chi connectivity index (χ1) is 9.19. The number of halogens is 1. The molecular weight excluding hydrogens is 276 g/mol. The van der Waals surface area contributed by atoms with Crippen LogP contribution in [0.15, 0.2) is 24.3 Å². The number of likely N-dealkylation sites (N-methyl/N-ethyl adjacent to an activating group) is 1. The highest BCUT2D eigenvalue weighted by Gasteiger charge is 2.20. The first-order valence-electron chi connectivity index (χ1n) is 6.47. The van der Waals surface area contributed by atoms with Gasteiger partial charge in [0.05, 0.1) is 17.3 Å². The second-order valence-electron chi connectivity index (χ2n) is 6.02. The number of carbonyl (C=O) groups is 2. The largest absolute Gasteiger partial charge is 0.336 e. The molecule has 1 aromatic carbocycles. The van der Waals surface area contributed by atoms with Gasteiger partial charge in [0.15, 0.2) is 0 Å². The molecule has 1 N–H and O–H groups in total. The molecule has 20 heavy (non-hydrogen) atoms. The van der Waals surface area contributed by atoms with Gasteiger partial charge < -0.3 is 10.2 Å². The average molecular weight is 297 g/mol. The van der Waals surface area contributed by atoms with Crippen LogP contribution in [0.25, 0.3) is 0 Å². The average Bonchev–Trinajstić information content (AvgIpc) is 2.29. The van der Waals surface area contributed by atoms with Gasteiger partial charge in [-0.25, -0.2) is 0 Å². The van der Waals surface area contributed by atoms with Crippen LogP contribution in [0, 0.1) is 5.41 Å². The number of hydrogen-bond acceptors (Lipinski definition) is 2. The molecule has 0 heterocycles. The molecule has 0 bridgehead atoms. The lowest BCUT2D eigenvalue weighted by Gasteiger charge is -2.23. The van der Waals surface area contributed by atoms with Crippen molar-refractivity contribution in [2.45, 2.75) is 27.2 Å². The van der Waals surface area contributed by atoms with Crippen LogP contribution in [0.5, 0.6) is 0 Å². The topological polar surface area (TPSA) is 49.4 Å². The Kier molecular flexibility index (Phi) is 5.57. The molecule has 1 aromatic rings. The lowest BCUT2D eigenvalue weighted by molar-refractivity contribution is -0.134. The van der Waals surface area contributed by atoms with Crippen LogP contribution >= 0.6 is 11.6 Å². The van der Waals surface area contributed by atoms with Crippen molar-refractivity contribution in [2.75, 3.05) is 18.9 Å². The van der Waals surface area contributed by atoms with Crippen molar-refractivity contribution < 1.29 is 9.59 Å². The number of amides is 2. The van der Waals surface area contributed by atoms with Crippen molar-refractivity contribution in [3.8, 4) is 0 Å². The van der Waals surface area contributed by atoms with E-state index in [1.54, 1.807) is 31.3 Å². The van der Waals surface area contributed by atoms with Gasteiger partial charge in [-0.05, 0) is 17.5 Å². The van der Waals surface area contributed by atoms with Crippen LogP contribution in [0.4, 0.5) is 5.69 Å². The van der Waals surface area contributed by atoms with Gasteiger partial charge in [-0.2, -0.15) is 0 Å². The van der Waals surface area contributed by atoms with E-state index in [-0.39, 0.29) is 23.8 Å². The Bertz CT molecular complexity index is 495. The second kappa shape index (κ2) is 6.75. The number of rotatable bonds is 4. The molecule has 0 spiro atoms. The van der Waals surface area contributed by atoms with E-state index < -0.39 is 0 Å². The van der Waals surface area contributed by atoms with Gasteiger partial charge in [0.25, 0.3) is 0 Å². The Hall–Kier alpha value is -1.55. The van der Waals surface area contributed by atoms with E-state index in [1.807, 2.05) is 20.8 Å². The maximum atomic E-state index is 11.9. The summed E-state index contributed by atoms with van der Waals surface area (Å²) >= 11 is 5.96. The summed E-state index contributed by atoms with van der Waals surface area (Å²) in [7, 11) is 1.63. The number of benzene rings is 1. The van der Waals surface area contributed by atoms with Gasteiger partial charge in [0.1, 0.15) is 0 Å². The molecule has 0 fully saturated rings. The highest BCUT2D eigenvalue weighted by molar-refractivity contribution is 6.33. The Labute approximate surface area is 125 Å². The maximum absolute atomic E-state index is 11.9. The maximum Gasteiger partial charge on any atom is 0.244 e. The summed E-state index contributed by atoms with van der Waals surface area (Å²) in [5, 5.41) is 3.17. The summed E-state index contributed by atoms with van der Waals surface area (Å²) in [5.74, 6) is -0.310. The first-order valence-corrected chi connectivity index (χ1v) is 6.85. The van der Waals surface area contributed by atoms with Crippen LogP contribution in [0.3, 0.4) is 0 Å². The predicted octanol–water partition coefficient (Wildman–Crippen LogP) is 3.17. The minimum atomic E-state index is -0.261. The highest BCUT2D eigenvalue weighted by Crippen LogP contribution is 2.21. The predicted molar refractivity (Wildman–Crippen MR) is 81.8 cm³/mol. The number of hydrogen-bond donors (Lipinski definition) is 1. The summed E-state index contributed by atoms with van der Waals surface area (Å²) in [5.41, 5.74) is 0.459. The number of para-hydroxylation sites is 1. The Morgan fingerprint density at radius 2 is 1.85 bits per heavy atom. The molecule has 0 aliphatic carbocycles. The van der Waals surface area contributed by atoms with Crippen molar-refractivity contribution in [1.29, 1.82) is 0 Å². The van der Waals surface area contributed by atoms with Gasteiger partial charge >= 0.3 is 0 Å². The highest BCUT2D eigenvalue weighted by atomic mass is 35.5. The molecule has 4 nitrogen and oxygen atoms in total. The van der Waals surface area contributed by atoms with E-state index >= 15 is 0 Å². The minimum Gasteiger partial charge on any atom is -0.336 e. The summed E-state index contributed by atoms with van der Waals surface area (Å²) in [4.78, 5) is 25.2. The molecule has 0 aliphatic heterocycles. The third kappa shape index (κ3) is 5.61. The number of carbonyl (C=O) groups excluding carboxylic acids is 2. The van der Waals surface area contributed by atoms with Gasteiger partial charge in [-0.15, -0.1) is 0 Å². The Balaban J connectivity index is 2.54. The molecular formula is C15H21ClN2O2. The molecule has 0 saturated heterocycles. The lowest BCUT2D eigenvalue weighted by Crippen LogP contribution is -2.36. The van der Waals surface area contributed by atoms with Crippen molar-refractivity contribution >= 4 is 29.1 Å². The lowest BCUT2D eigenvalue weighted by atomic mass is 9.92. The molecule has 110 valence electrons. The molecule has 0 aliphatic rings. The van der Waals surface area contributed by atoms with Crippen molar-refractivity contribution in [2.24, 2.45) is 5.41 Å². The van der Waals surface area contributed by atoms with E-state index in [2.05, 4.69) is 5.32 Å². The quantitative estimate of drug-likeness (QED) is 0.928. The van der Waals surface area contributed by atoms with Crippen LogP contribution < -0.4 is 5.32 Å². The summed E-state index contributed by atoms with van der Waals surface area (Å²) < 4.78 is 0. The zero-order chi connectivity index (χ0) is 15.3. The van der Waals surface area contributed by atoms with Crippen LogP contribution in [-0.4, -0.2) is 30.3 Å². The SMILES string of the molecule is CN(CC(=O)Nc1ccccc1Cl)C(=O)CC(C)(C)C. The summed E-state index contributed by atoms with van der Waals surface area (Å²) in [6.07, 6.45) is 0.406. The van der Waals surface area contributed by atoms with Crippen molar-refractivity contribution in [3.63, 3.8) is 0 Å². The van der Waals surface area contributed by atoms with Gasteiger partial charge in [-0.3, -0.25) is 9.59 Å². The Morgan fingerprint density at radius 1 is 1.25 bits per heavy atom. The second-order valence-corrected chi connectivity index (χ2v) is 6.42. The fourth-order valence-electron chi connectivity index (χ4n) is 1.64. The fourth-order valence-corrected chi connectivity index (χ4v) is 1.83. The third-order valence-corrected chi connectivity index (χ3v) is 2.97. The smallest absolute Gasteiger partial charge is 0.244 e. The third-order valence-electron chi connectivity index (χ3n) is 2.64. The van der Waals surface area contributed by atoms with Gasteiger partial charge in [0.2, 0.25) is 11.8 Å². The monoisotopic (exact) mass is 296 g/mol. The number of nitrogens with zero attached hydrogens (tertiary/aromatic N) is 1. The minimum absolute atomic E-state index is 0.0140. The van der Waals surface area contributed by atoms with Crippen molar-refractivity contribution in [1.82, 2.24) is 4.90 Å². The zero-order valence-electron chi connectivity index (χ0n) is 12.4.